The summed E-state index contributed by atoms with van der Waals surface area (Å²) in [6.45, 7) is 4.24. The Bertz CT molecular complexity index is 772. The van der Waals surface area contributed by atoms with Gasteiger partial charge >= 0.3 is 6.01 Å². The van der Waals surface area contributed by atoms with Gasteiger partial charge in [0.25, 0.3) is 0 Å². The summed E-state index contributed by atoms with van der Waals surface area (Å²) >= 11 is 0. The van der Waals surface area contributed by atoms with Crippen LogP contribution < -0.4 is 10.2 Å². The van der Waals surface area contributed by atoms with Crippen molar-refractivity contribution < 1.29 is 18.4 Å². The van der Waals surface area contributed by atoms with Crippen LogP contribution in [0.15, 0.2) is 28.7 Å². The van der Waals surface area contributed by atoms with Crippen molar-refractivity contribution in [1.29, 1.82) is 0 Å². The molecule has 1 atom stereocenters. The molecule has 0 aliphatic carbocycles. The van der Waals surface area contributed by atoms with Gasteiger partial charge in [-0.25, -0.2) is 4.39 Å². The molecule has 1 N–H and O–H groups in total. The van der Waals surface area contributed by atoms with Crippen LogP contribution in [0.4, 0.5) is 16.1 Å². The molecule has 1 aromatic heterocycles. The largest absolute Gasteiger partial charge is 0.407 e. The summed E-state index contributed by atoms with van der Waals surface area (Å²) in [7, 11) is 0. The number of anilines is 2. The molecule has 7 nitrogen and oxygen atoms in total. The smallest absolute Gasteiger partial charge is 0.322 e. The first-order valence-electron chi connectivity index (χ1n) is 8.11. The number of rotatable bonds is 5. The van der Waals surface area contributed by atoms with Crippen molar-refractivity contribution in [2.24, 2.45) is 5.92 Å². The summed E-state index contributed by atoms with van der Waals surface area (Å²) < 4.78 is 18.5. The van der Waals surface area contributed by atoms with E-state index in [1.54, 1.807) is 17.0 Å². The number of carbonyl (C=O) groups excluding carboxylic acids is 2. The van der Waals surface area contributed by atoms with Crippen LogP contribution >= 0.6 is 0 Å². The lowest BCUT2D eigenvalue weighted by Crippen LogP contribution is -2.24. The highest BCUT2D eigenvalue weighted by Gasteiger charge is 2.35. The molecule has 1 aliphatic rings. The first-order chi connectivity index (χ1) is 11.9. The van der Waals surface area contributed by atoms with E-state index in [9.17, 15) is 14.0 Å². The van der Waals surface area contributed by atoms with E-state index in [1.807, 2.05) is 13.8 Å². The minimum absolute atomic E-state index is 0.0355. The summed E-state index contributed by atoms with van der Waals surface area (Å²) in [5, 5.41) is 10.3. The van der Waals surface area contributed by atoms with Crippen molar-refractivity contribution in [3.05, 3.63) is 36.0 Å². The summed E-state index contributed by atoms with van der Waals surface area (Å²) in [4.78, 5) is 25.5. The Morgan fingerprint density at radius 2 is 2.08 bits per heavy atom. The van der Waals surface area contributed by atoms with Crippen molar-refractivity contribution in [2.45, 2.75) is 32.6 Å². The maximum absolute atomic E-state index is 13.0. The fourth-order valence-electron chi connectivity index (χ4n) is 2.73. The number of nitrogens with zero attached hydrogens (tertiary/aromatic N) is 3. The maximum Gasteiger partial charge on any atom is 0.322 e. The first kappa shape index (κ1) is 17.1. The fourth-order valence-corrected chi connectivity index (χ4v) is 2.73. The number of aromatic nitrogens is 2. The van der Waals surface area contributed by atoms with E-state index >= 15 is 0 Å². The van der Waals surface area contributed by atoms with Crippen LogP contribution in [0.1, 0.15) is 38.5 Å². The van der Waals surface area contributed by atoms with E-state index in [0.717, 1.165) is 0 Å². The predicted octanol–water partition coefficient (Wildman–Crippen LogP) is 2.71. The third-order valence-electron chi connectivity index (χ3n) is 3.89. The lowest BCUT2D eigenvalue weighted by molar-refractivity contribution is -0.118. The van der Waals surface area contributed by atoms with E-state index in [-0.39, 0.29) is 41.9 Å². The van der Waals surface area contributed by atoms with Gasteiger partial charge in [0.05, 0.1) is 5.92 Å². The lowest BCUT2D eigenvalue weighted by Gasteiger charge is -2.15. The molecule has 3 rings (SSSR count). The number of nitrogens with one attached hydrogen (secondary N) is 1. The zero-order valence-corrected chi connectivity index (χ0v) is 14.0. The number of carbonyl (C=O) groups is 2. The molecule has 1 saturated heterocycles. The number of hydrogen-bond acceptors (Lipinski definition) is 5. The Labute approximate surface area is 144 Å². The summed E-state index contributed by atoms with van der Waals surface area (Å²) in [6, 6.07) is 5.77. The van der Waals surface area contributed by atoms with Crippen LogP contribution in [0.3, 0.4) is 0 Å². The summed E-state index contributed by atoms with van der Waals surface area (Å²) in [5.74, 6) is -0.385. The number of hydrogen-bond donors (Lipinski definition) is 1. The quantitative estimate of drug-likeness (QED) is 0.899. The Balaban J connectivity index is 1.66. The molecule has 2 heterocycles. The molecule has 0 saturated carbocycles. The lowest BCUT2D eigenvalue weighted by atomic mass is 10.1. The van der Waals surface area contributed by atoms with Crippen LogP contribution in [0, 0.1) is 11.7 Å². The van der Waals surface area contributed by atoms with Gasteiger partial charge in [-0.15, -0.1) is 5.10 Å². The SMILES string of the molecule is CC(C)CC(=O)Nc1nnc(C2CC(=O)N(c3ccc(F)cc3)C2)o1. The van der Waals surface area contributed by atoms with E-state index < -0.39 is 0 Å². The van der Waals surface area contributed by atoms with Gasteiger partial charge in [-0.2, -0.15) is 0 Å². The van der Waals surface area contributed by atoms with E-state index in [0.29, 0.717) is 24.5 Å². The molecule has 0 radical (unpaired) electrons. The third-order valence-corrected chi connectivity index (χ3v) is 3.89. The monoisotopic (exact) mass is 346 g/mol. The predicted molar refractivity (Wildman–Crippen MR) is 88.5 cm³/mol. The van der Waals surface area contributed by atoms with E-state index in [4.69, 9.17) is 4.42 Å². The highest BCUT2D eigenvalue weighted by atomic mass is 19.1. The Morgan fingerprint density at radius 3 is 2.76 bits per heavy atom. The Hall–Kier alpha value is -2.77. The van der Waals surface area contributed by atoms with Crippen LogP contribution in [0.5, 0.6) is 0 Å². The molecule has 1 aromatic carbocycles. The minimum Gasteiger partial charge on any atom is -0.407 e. The van der Waals surface area contributed by atoms with E-state index in [1.165, 1.54) is 12.1 Å². The van der Waals surface area contributed by atoms with Crippen molar-refractivity contribution in [1.82, 2.24) is 10.2 Å². The molecule has 1 aliphatic heterocycles. The third kappa shape index (κ3) is 4.01. The van der Waals surface area contributed by atoms with Crippen molar-refractivity contribution in [3.8, 4) is 0 Å². The molecular weight excluding hydrogens is 327 g/mol. The molecule has 25 heavy (non-hydrogen) atoms. The van der Waals surface area contributed by atoms with Crippen LogP contribution in [-0.2, 0) is 9.59 Å². The van der Waals surface area contributed by atoms with Gasteiger partial charge in [0.1, 0.15) is 5.82 Å². The zero-order chi connectivity index (χ0) is 18.0. The molecule has 8 heteroatoms. The normalized spacial score (nSPS) is 17.4. The molecular formula is C17H19FN4O3. The molecule has 0 spiro atoms. The van der Waals surface area contributed by atoms with Gasteiger partial charge in [-0.3, -0.25) is 14.9 Å². The van der Waals surface area contributed by atoms with Crippen molar-refractivity contribution >= 4 is 23.5 Å². The molecule has 0 bridgehead atoms. The Morgan fingerprint density at radius 1 is 1.36 bits per heavy atom. The standard InChI is InChI=1S/C17H19FN4O3/c1-10(2)7-14(23)19-17-21-20-16(25-17)11-8-15(24)22(9-11)13-5-3-12(18)4-6-13/h3-6,10-11H,7-9H2,1-2H3,(H,19,21,23). The number of halogens is 1. The average molecular weight is 346 g/mol. The highest BCUT2D eigenvalue weighted by molar-refractivity contribution is 5.96. The number of amides is 2. The molecule has 2 aromatic rings. The van der Waals surface area contributed by atoms with Gasteiger partial charge in [0.2, 0.25) is 17.7 Å². The van der Waals surface area contributed by atoms with Crippen molar-refractivity contribution in [3.63, 3.8) is 0 Å². The van der Waals surface area contributed by atoms with Gasteiger partial charge in [0.15, 0.2) is 0 Å². The Kier molecular flexibility index (Phi) is 4.78. The highest BCUT2D eigenvalue weighted by Crippen LogP contribution is 2.31. The van der Waals surface area contributed by atoms with Gasteiger partial charge in [-0.05, 0) is 30.2 Å². The summed E-state index contributed by atoms with van der Waals surface area (Å²) in [5.41, 5.74) is 0.624. The first-order valence-corrected chi connectivity index (χ1v) is 8.11. The second kappa shape index (κ2) is 7.00. The van der Waals surface area contributed by atoms with Gasteiger partial charge in [-0.1, -0.05) is 18.9 Å². The molecule has 1 unspecified atom stereocenters. The van der Waals surface area contributed by atoms with E-state index in [2.05, 4.69) is 15.5 Å². The zero-order valence-electron chi connectivity index (χ0n) is 14.0. The average Bonchev–Trinajstić information content (AvgIpc) is 3.14. The summed E-state index contributed by atoms with van der Waals surface area (Å²) in [6.07, 6.45) is 0.580. The fraction of sp³-hybridized carbons (Fsp3) is 0.412. The molecule has 132 valence electrons. The van der Waals surface area contributed by atoms with Crippen LogP contribution in [-0.4, -0.2) is 28.6 Å². The number of benzene rings is 1. The van der Waals surface area contributed by atoms with Gasteiger partial charge < -0.3 is 9.32 Å². The second-order valence-electron chi connectivity index (χ2n) is 6.47. The van der Waals surface area contributed by atoms with Gasteiger partial charge in [0, 0.05) is 25.1 Å². The van der Waals surface area contributed by atoms with Crippen LogP contribution in [0.2, 0.25) is 0 Å². The van der Waals surface area contributed by atoms with Crippen LogP contribution in [0.25, 0.3) is 0 Å². The molecule has 2 amide bonds. The second-order valence-corrected chi connectivity index (χ2v) is 6.47. The minimum atomic E-state index is -0.356. The van der Waals surface area contributed by atoms with Crippen molar-refractivity contribution in [2.75, 3.05) is 16.8 Å². The molecule has 1 fully saturated rings. The topological polar surface area (TPSA) is 88.3 Å². The maximum atomic E-state index is 13.0.